The molecule has 0 radical (unpaired) electrons. The fourth-order valence-electron chi connectivity index (χ4n) is 2.88. The van der Waals surface area contributed by atoms with E-state index in [1.54, 1.807) is 0 Å². The Balaban J connectivity index is 1.70. The maximum absolute atomic E-state index is 11.3. The molecule has 0 aromatic carbocycles. The molecule has 132 valence electrons. The van der Waals surface area contributed by atoms with E-state index < -0.39 is 4.92 Å². The summed E-state index contributed by atoms with van der Waals surface area (Å²) in [5.41, 5.74) is 5.45. The molecular weight excluding hydrogens is 316 g/mol. The summed E-state index contributed by atoms with van der Waals surface area (Å²) in [4.78, 5) is 18.9. The number of nitrogens with two attached hydrogens (primary N) is 1. The Morgan fingerprint density at radius 3 is 2.29 bits per heavy atom. The summed E-state index contributed by atoms with van der Waals surface area (Å²) >= 11 is 0. The highest BCUT2D eigenvalue weighted by molar-refractivity contribution is 5.69. The molecule has 2 atom stereocenters. The molecule has 24 heavy (non-hydrogen) atoms. The van der Waals surface area contributed by atoms with Crippen LogP contribution in [0, 0.1) is 10.1 Å². The molecule has 1 aromatic heterocycles. The summed E-state index contributed by atoms with van der Waals surface area (Å²) in [7, 11) is 0. The number of aromatic nitrogens is 2. The van der Waals surface area contributed by atoms with Crippen LogP contribution in [0.1, 0.15) is 25.7 Å². The van der Waals surface area contributed by atoms with E-state index >= 15 is 0 Å². The maximum Gasteiger partial charge on any atom is 0.353 e. The number of nitrogens with zero attached hydrogens (tertiary/aromatic N) is 3. The van der Waals surface area contributed by atoms with Crippen molar-refractivity contribution in [3.05, 3.63) is 10.1 Å². The molecule has 0 aliphatic carbocycles. The van der Waals surface area contributed by atoms with Gasteiger partial charge >= 0.3 is 5.69 Å². The van der Waals surface area contributed by atoms with Crippen molar-refractivity contribution >= 4 is 23.3 Å². The normalized spacial score (nSPS) is 23.3. The van der Waals surface area contributed by atoms with Gasteiger partial charge in [-0.3, -0.25) is 10.1 Å². The van der Waals surface area contributed by atoms with E-state index in [2.05, 4.69) is 20.6 Å². The Morgan fingerprint density at radius 2 is 1.75 bits per heavy atom. The number of hydrogen-bond donors (Lipinski definition) is 3. The van der Waals surface area contributed by atoms with Crippen molar-refractivity contribution in [2.24, 2.45) is 0 Å². The molecule has 0 saturated carbocycles. The molecule has 3 heterocycles. The summed E-state index contributed by atoms with van der Waals surface area (Å²) in [6.45, 7) is 2.46. The van der Waals surface area contributed by atoms with Crippen molar-refractivity contribution in [1.82, 2.24) is 9.97 Å². The maximum atomic E-state index is 11.3. The Morgan fingerprint density at radius 1 is 1.12 bits per heavy atom. The second-order valence-corrected chi connectivity index (χ2v) is 5.92. The average Bonchev–Trinajstić information content (AvgIpc) is 3.23. The molecule has 2 aliphatic heterocycles. The van der Waals surface area contributed by atoms with Gasteiger partial charge in [0.15, 0.2) is 0 Å². The molecule has 2 saturated heterocycles. The van der Waals surface area contributed by atoms with Gasteiger partial charge in [-0.25, -0.2) is 0 Å². The molecule has 1 aromatic rings. The van der Waals surface area contributed by atoms with Gasteiger partial charge in [-0.05, 0) is 25.7 Å². The topological polar surface area (TPSA) is 137 Å². The van der Waals surface area contributed by atoms with Crippen molar-refractivity contribution in [1.29, 1.82) is 0 Å². The fourth-order valence-corrected chi connectivity index (χ4v) is 2.88. The number of rotatable bonds is 7. The van der Waals surface area contributed by atoms with Crippen LogP contribution in [0.2, 0.25) is 0 Å². The molecule has 4 N–H and O–H groups in total. The molecule has 3 rings (SSSR count). The minimum Gasteiger partial charge on any atom is -0.378 e. The summed E-state index contributed by atoms with van der Waals surface area (Å²) < 4.78 is 11.0. The van der Waals surface area contributed by atoms with Crippen molar-refractivity contribution in [2.45, 2.75) is 37.9 Å². The average molecular weight is 338 g/mol. The molecule has 2 aliphatic rings. The van der Waals surface area contributed by atoms with Crippen LogP contribution in [-0.4, -0.2) is 53.4 Å². The van der Waals surface area contributed by atoms with E-state index in [1.807, 2.05) is 0 Å². The van der Waals surface area contributed by atoms with Gasteiger partial charge in [-0.2, -0.15) is 9.97 Å². The van der Waals surface area contributed by atoms with Crippen LogP contribution in [0.3, 0.4) is 0 Å². The smallest absolute Gasteiger partial charge is 0.353 e. The minimum atomic E-state index is -0.572. The summed E-state index contributed by atoms with van der Waals surface area (Å²) in [5.74, 6) is 0.195. The molecule has 0 unspecified atom stereocenters. The first-order valence-electron chi connectivity index (χ1n) is 8.16. The standard InChI is InChI=1S/C14H22N6O4/c15-12-11(20(21)22)13(16-7-9-3-1-5-23-9)19-14(18-12)17-8-10-4-2-6-24-10/h9-10H,1-8H2,(H4,15,16,17,18,19)/t9-,10+/m0/s1. The molecule has 0 amide bonds. The van der Waals surface area contributed by atoms with E-state index in [0.717, 1.165) is 32.3 Å². The van der Waals surface area contributed by atoms with E-state index in [0.29, 0.717) is 19.7 Å². The van der Waals surface area contributed by atoms with Crippen LogP contribution in [0.4, 0.5) is 23.3 Å². The van der Waals surface area contributed by atoms with Gasteiger partial charge in [-0.1, -0.05) is 0 Å². The first-order chi connectivity index (χ1) is 11.6. The lowest BCUT2D eigenvalue weighted by Gasteiger charge is -2.14. The number of nitro groups is 1. The third kappa shape index (κ3) is 4.01. The van der Waals surface area contributed by atoms with Gasteiger partial charge in [0.2, 0.25) is 17.6 Å². The van der Waals surface area contributed by atoms with Crippen molar-refractivity contribution < 1.29 is 14.4 Å². The SMILES string of the molecule is Nc1nc(NC[C@H]2CCCO2)nc(NC[C@@H]2CCCO2)c1[N+](=O)[O-]. The van der Waals surface area contributed by atoms with Crippen LogP contribution in [-0.2, 0) is 9.47 Å². The zero-order chi connectivity index (χ0) is 16.9. The van der Waals surface area contributed by atoms with Crippen molar-refractivity contribution in [3.8, 4) is 0 Å². The molecular formula is C14H22N6O4. The van der Waals surface area contributed by atoms with Gasteiger partial charge < -0.3 is 25.8 Å². The minimum absolute atomic E-state index is 0.0316. The Kier molecular flexibility index (Phi) is 5.26. The van der Waals surface area contributed by atoms with Gasteiger partial charge in [-0.15, -0.1) is 0 Å². The molecule has 10 heteroatoms. The predicted octanol–water partition coefficient (Wildman–Crippen LogP) is 1.15. The Hall–Kier alpha value is -2.20. The quantitative estimate of drug-likeness (QED) is 0.493. The number of hydrogen-bond acceptors (Lipinski definition) is 9. The Bertz CT molecular complexity index is 587. The summed E-state index contributed by atoms with van der Waals surface area (Å²) in [6, 6.07) is 0. The number of nitrogen functional groups attached to an aromatic ring is 1. The van der Waals surface area contributed by atoms with E-state index in [4.69, 9.17) is 15.2 Å². The predicted molar refractivity (Wildman–Crippen MR) is 88.0 cm³/mol. The molecule has 0 bridgehead atoms. The van der Waals surface area contributed by atoms with Crippen LogP contribution < -0.4 is 16.4 Å². The second-order valence-electron chi connectivity index (χ2n) is 5.92. The monoisotopic (exact) mass is 338 g/mol. The summed E-state index contributed by atoms with van der Waals surface area (Å²) in [6.07, 6.45) is 4.06. The lowest BCUT2D eigenvalue weighted by atomic mass is 10.2. The lowest BCUT2D eigenvalue weighted by molar-refractivity contribution is -0.383. The largest absolute Gasteiger partial charge is 0.378 e. The molecule has 2 fully saturated rings. The van der Waals surface area contributed by atoms with Gasteiger partial charge in [0.25, 0.3) is 0 Å². The Labute approximate surface area is 139 Å². The fraction of sp³-hybridized carbons (Fsp3) is 0.714. The first kappa shape index (κ1) is 16.7. The summed E-state index contributed by atoms with van der Waals surface area (Å²) in [5, 5.41) is 17.3. The highest BCUT2D eigenvalue weighted by Crippen LogP contribution is 2.29. The van der Waals surface area contributed by atoms with Crippen LogP contribution in [0.25, 0.3) is 0 Å². The van der Waals surface area contributed by atoms with Crippen LogP contribution in [0.15, 0.2) is 0 Å². The zero-order valence-electron chi connectivity index (χ0n) is 13.4. The number of ether oxygens (including phenoxy) is 2. The van der Waals surface area contributed by atoms with E-state index in [-0.39, 0.29) is 35.5 Å². The zero-order valence-corrected chi connectivity index (χ0v) is 13.4. The highest BCUT2D eigenvalue weighted by atomic mass is 16.6. The highest BCUT2D eigenvalue weighted by Gasteiger charge is 2.25. The van der Waals surface area contributed by atoms with Gasteiger partial charge in [0.05, 0.1) is 17.1 Å². The third-order valence-corrected chi connectivity index (χ3v) is 4.13. The number of nitrogens with one attached hydrogen (secondary N) is 2. The lowest BCUT2D eigenvalue weighted by Crippen LogP contribution is -2.22. The second kappa shape index (κ2) is 7.58. The third-order valence-electron chi connectivity index (χ3n) is 4.13. The number of anilines is 3. The van der Waals surface area contributed by atoms with Crippen LogP contribution >= 0.6 is 0 Å². The van der Waals surface area contributed by atoms with Gasteiger partial charge in [0.1, 0.15) is 0 Å². The van der Waals surface area contributed by atoms with Gasteiger partial charge in [0, 0.05) is 26.3 Å². The van der Waals surface area contributed by atoms with Crippen LogP contribution in [0.5, 0.6) is 0 Å². The van der Waals surface area contributed by atoms with E-state index in [1.165, 1.54) is 0 Å². The van der Waals surface area contributed by atoms with Crippen molar-refractivity contribution in [3.63, 3.8) is 0 Å². The van der Waals surface area contributed by atoms with E-state index in [9.17, 15) is 10.1 Å². The molecule has 0 spiro atoms. The molecule has 10 nitrogen and oxygen atoms in total. The first-order valence-corrected chi connectivity index (χ1v) is 8.16. The van der Waals surface area contributed by atoms with Crippen molar-refractivity contribution in [2.75, 3.05) is 42.7 Å².